The molecule has 1 aromatic heterocycles. The summed E-state index contributed by atoms with van der Waals surface area (Å²) in [5.41, 5.74) is 1.56. The Balaban J connectivity index is 3.24. The van der Waals surface area contributed by atoms with Gasteiger partial charge in [-0.3, -0.25) is 4.98 Å². The van der Waals surface area contributed by atoms with Crippen LogP contribution in [0.3, 0.4) is 0 Å². The van der Waals surface area contributed by atoms with Crippen molar-refractivity contribution >= 4 is 15.9 Å². The van der Waals surface area contributed by atoms with E-state index in [1.54, 1.807) is 31.3 Å². The molecule has 0 unspecified atom stereocenters. The van der Waals surface area contributed by atoms with Gasteiger partial charge in [-0.25, -0.2) is 8.42 Å². The zero-order valence-corrected chi connectivity index (χ0v) is 10.6. The highest BCUT2D eigenvalue weighted by atomic mass is 32.2. The highest BCUT2D eigenvalue weighted by Crippen LogP contribution is 2.05. The Morgan fingerprint density at radius 2 is 2.00 bits per heavy atom. The van der Waals surface area contributed by atoms with Crippen molar-refractivity contribution < 1.29 is 8.42 Å². The van der Waals surface area contributed by atoms with Crippen LogP contribution in [0.5, 0.6) is 0 Å². The predicted molar refractivity (Wildman–Crippen MR) is 64.0 cm³/mol. The zero-order valence-electron chi connectivity index (χ0n) is 9.80. The maximum atomic E-state index is 11.2. The van der Waals surface area contributed by atoms with Crippen LogP contribution >= 0.6 is 0 Å². The molecule has 5 nitrogen and oxygen atoms in total. The summed E-state index contributed by atoms with van der Waals surface area (Å²) in [6.45, 7) is 1.87. The molecule has 0 amide bonds. The molecule has 0 fully saturated rings. The van der Waals surface area contributed by atoms with Crippen molar-refractivity contribution in [2.45, 2.75) is 6.92 Å². The highest BCUT2D eigenvalue weighted by molar-refractivity contribution is 7.89. The van der Waals surface area contributed by atoms with Crippen LogP contribution in [0.1, 0.15) is 11.3 Å². The fourth-order valence-electron chi connectivity index (χ4n) is 1.15. The second-order valence-corrected chi connectivity index (χ2v) is 5.38. The molecule has 0 saturated heterocycles. The van der Waals surface area contributed by atoms with Gasteiger partial charge in [0.05, 0.1) is 6.26 Å². The summed E-state index contributed by atoms with van der Waals surface area (Å²) in [6.07, 6.45) is 2.68. The monoisotopic (exact) mass is 241 g/mol. The Morgan fingerprint density at radius 3 is 2.38 bits per heavy atom. The Hall–Kier alpha value is -1.43. The first-order valence-corrected chi connectivity index (χ1v) is 6.55. The van der Waals surface area contributed by atoms with Crippen LogP contribution in [-0.2, 0) is 10.0 Å². The first-order chi connectivity index (χ1) is 7.29. The van der Waals surface area contributed by atoms with E-state index in [0.29, 0.717) is 11.4 Å². The van der Waals surface area contributed by atoms with Crippen molar-refractivity contribution in [2.75, 3.05) is 20.4 Å². The van der Waals surface area contributed by atoms with Crippen LogP contribution in [0.15, 0.2) is 22.7 Å². The molecule has 6 heteroatoms. The van der Waals surface area contributed by atoms with Crippen molar-refractivity contribution in [1.29, 1.82) is 0 Å². The Kier molecular flexibility index (Phi) is 3.64. The first-order valence-electron chi connectivity index (χ1n) is 4.70. The minimum Gasteiger partial charge on any atom is -0.362 e. The summed E-state index contributed by atoms with van der Waals surface area (Å²) in [6, 6.07) is 3.61. The topological polar surface area (TPSA) is 62.6 Å². The molecule has 16 heavy (non-hydrogen) atoms. The van der Waals surface area contributed by atoms with Crippen LogP contribution in [0.25, 0.3) is 0 Å². The van der Waals surface area contributed by atoms with Gasteiger partial charge in [0.1, 0.15) is 5.84 Å². The van der Waals surface area contributed by atoms with Crippen molar-refractivity contribution in [1.82, 2.24) is 9.88 Å². The number of pyridine rings is 1. The number of hydrogen-bond donors (Lipinski definition) is 0. The van der Waals surface area contributed by atoms with Crippen LogP contribution in [-0.4, -0.2) is 44.5 Å². The van der Waals surface area contributed by atoms with E-state index in [9.17, 15) is 8.42 Å². The number of amidine groups is 1. The van der Waals surface area contributed by atoms with Crippen LogP contribution < -0.4 is 0 Å². The van der Waals surface area contributed by atoms with Gasteiger partial charge in [-0.05, 0) is 19.1 Å². The standard InChI is InChI=1S/C10H15N3O2S/c1-8-5-6-9(7-11-8)10(13(2)3)12-16(4,14)15/h5-7H,1-4H3/b12-10+. The number of hydrogen-bond acceptors (Lipinski definition) is 3. The van der Waals surface area contributed by atoms with Gasteiger partial charge in [-0.2, -0.15) is 0 Å². The molecule has 0 N–H and O–H groups in total. The number of aryl methyl sites for hydroxylation is 1. The second kappa shape index (κ2) is 4.61. The van der Waals surface area contributed by atoms with Crippen molar-refractivity contribution in [3.63, 3.8) is 0 Å². The van der Waals surface area contributed by atoms with Crippen LogP contribution in [0.2, 0.25) is 0 Å². The molecule has 0 aromatic carbocycles. The lowest BCUT2D eigenvalue weighted by molar-refractivity contribution is 0.597. The van der Waals surface area contributed by atoms with Gasteiger partial charge < -0.3 is 4.90 Å². The molecule has 0 spiro atoms. The SMILES string of the molecule is Cc1ccc(/C(=N\S(C)(=O)=O)N(C)C)cn1. The molecule has 0 aliphatic carbocycles. The Morgan fingerprint density at radius 1 is 1.38 bits per heavy atom. The number of rotatable bonds is 2. The third-order valence-electron chi connectivity index (χ3n) is 1.85. The third kappa shape index (κ3) is 3.62. The third-order valence-corrected chi connectivity index (χ3v) is 2.35. The molecule has 0 atom stereocenters. The molecule has 0 radical (unpaired) electrons. The lowest BCUT2D eigenvalue weighted by atomic mass is 10.2. The van der Waals surface area contributed by atoms with Crippen molar-refractivity contribution in [3.05, 3.63) is 29.6 Å². The number of aromatic nitrogens is 1. The van der Waals surface area contributed by atoms with E-state index in [1.165, 1.54) is 0 Å². The smallest absolute Gasteiger partial charge is 0.252 e. The molecular formula is C10H15N3O2S. The van der Waals surface area contributed by atoms with E-state index in [0.717, 1.165) is 11.9 Å². The van der Waals surface area contributed by atoms with Gasteiger partial charge >= 0.3 is 0 Å². The number of nitrogens with zero attached hydrogens (tertiary/aromatic N) is 3. The van der Waals surface area contributed by atoms with Crippen LogP contribution in [0, 0.1) is 6.92 Å². The fraction of sp³-hybridized carbons (Fsp3) is 0.400. The highest BCUT2D eigenvalue weighted by Gasteiger charge is 2.09. The minimum atomic E-state index is -3.41. The van der Waals surface area contributed by atoms with E-state index in [1.807, 2.05) is 13.0 Å². The first kappa shape index (κ1) is 12.6. The number of sulfonamides is 1. The summed E-state index contributed by atoms with van der Waals surface area (Å²) in [5, 5.41) is 0. The predicted octanol–water partition coefficient (Wildman–Crippen LogP) is 0.658. The maximum absolute atomic E-state index is 11.2. The molecule has 0 aliphatic rings. The average molecular weight is 241 g/mol. The van der Waals surface area contributed by atoms with Crippen molar-refractivity contribution in [2.24, 2.45) is 4.40 Å². The van der Waals surface area contributed by atoms with E-state index in [4.69, 9.17) is 0 Å². The summed E-state index contributed by atoms with van der Waals surface area (Å²) < 4.78 is 26.0. The molecular weight excluding hydrogens is 226 g/mol. The summed E-state index contributed by atoms with van der Waals surface area (Å²) in [7, 11) is 0.0718. The summed E-state index contributed by atoms with van der Waals surface area (Å²) in [4.78, 5) is 5.76. The quantitative estimate of drug-likeness (QED) is 0.563. The van der Waals surface area contributed by atoms with Gasteiger partial charge in [0.15, 0.2) is 0 Å². The average Bonchev–Trinajstić information content (AvgIpc) is 2.14. The normalized spacial score (nSPS) is 12.6. The van der Waals surface area contributed by atoms with Gasteiger partial charge in [0, 0.05) is 31.5 Å². The maximum Gasteiger partial charge on any atom is 0.252 e. The van der Waals surface area contributed by atoms with Crippen molar-refractivity contribution in [3.8, 4) is 0 Å². The Bertz CT molecular complexity index is 489. The molecule has 0 aliphatic heterocycles. The van der Waals surface area contributed by atoms with E-state index < -0.39 is 10.0 Å². The summed E-state index contributed by atoms with van der Waals surface area (Å²) in [5.74, 6) is 0.384. The van der Waals surface area contributed by atoms with E-state index in [-0.39, 0.29) is 0 Å². The Labute approximate surface area is 95.9 Å². The van der Waals surface area contributed by atoms with Gasteiger partial charge in [-0.1, -0.05) is 0 Å². The minimum absolute atomic E-state index is 0.384. The second-order valence-electron chi connectivity index (χ2n) is 3.73. The lowest BCUT2D eigenvalue weighted by Gasteiger charge is -2.15. The molecule has 1 rings (SSSR count). The van der Waals surface area contributed by atoms with Crippen LogP contribution in [0.4, 0.5) is 0 Å². The molecule has 0 saturated carbocycles. The molecule has 88 valence electrons. The largest absolute Gasteiger partial charge is 0.362 e. The van der Waals surface area contributed by atoms with E-state index in [2.05, 4.69) is 9.38 Å². The van der Waals surface area contributed by atoms with Gasteiger partial charge in [0.2, 0.25) is 0 Å². The summed E-state index contributed by atoms with van der Waals surface area (Å²) >= 11 is 0. The lowest BCUT2D eigenvalue weighted by Crippen LogP contribution is -2.24. The van der Waals surface area contributed by atoms with E-state index >= 15 is 0 Å². The van der Waals surface area contributed by atoms with Gasteiger partial charge in [-0.15, -0.1) is 4.40 Å². The zero-order chi connectivity index (χ0) is 12.3. The molecule has 1 aromatic rings. The molecule has 1 heterocycles. The molecule has 0 bridgehead atoms. The fourth-order valence-corrected chi connectivity index (χ4v) is 1.73. The van der Waals surface area contributed by atoms with Gasteiger partial charge in [0.25, 0.3) is 10.0 Å².